The van der Waals surface area contributed by atoms with Crippen molar-refractivity contribution in [3.63, 3.8) is 0 Å². The Kier molecular flexibility index (Phi) is 3.35. The van der Waals surface area contributed by atoms with Gasteiger partial charge in [0.15, 0.2) is 0 Å². The number of rotatable bonds is 4. The Hall–Kier alpha value is -0.930. The Morgan fingerprint density at radius 3 is 2.94 bits per heavy atom. The third kappa shape index (κ3) is 2.17. The number of nitrogens with two attached hydrogens (primary N) is 1. The molecular weight excluding hydrogens is 222 g/mol. The van der Waals surface area contributed by atoms with Crippen molar-refractivity contribution in [3.05, 3.63) is 29.6 Å². The molecule has 1 fully saturated rings. The summed E-state index contributed by atoms with van der Waals surface area (Å²) in [5.74, 6) is 7.88. The molecule has 98 valence electrons. The number of nitrogens with one attached hydrogen (secondary N) is 1. The fourth-order valence-corrected chi connectivity index (χ4v) is 3.54. The van der Waals surface area contributed by atoms with Crippen molar-refractivity contribution in [2.24, 2.45) is 17.7 Å². The van der Waals surface area contributed by atoms with E-state index in [0.717, 1.165) is 5.92 Å². The van der Waals surface area contributed by atoms with Crippen molar-refractivity contribution >= 4 is 0 Å². The lowest BCUT2D eigenvalue weighted by atomic mass is 9.77. The first kappa shape index (κ1) is 12.1. The number of hydrogen-bond donors (Lipinski definition) is 2. The molecule has 1 saturated carbocycles. The maximum atomic E-state index is 5.85. The van der Waals surface area contributed by atoms with E-state index in [-0.39, 0.29) is 0 Å². The van der Waals surface area contributed by atoms with Gasteiger partial charge in [-0.3, -0.25) is 16.3 Å². The van der Waals surface area contributed by atoms with Crippen LogP contribution in [0.25, 0.3) is 0 Å². The number of pyridine rings is 1. The summed E-state index contributed by atoms with van der Waals surface area (Å²) in [5, 5.41) is 0. The number of hydrogen-bond acceptors (Lipinski definition) is 3. The number of nitrogens with zero attached hydrogens (tertiary/aromatic N) is 1. The van der Waals surface area contributed by atoms with Crippen LogP contribution in [0, 0.1) is 11.8 Å². The Labute approximate surface area is 109 Å². The molecule has 3 atom stereocenters. The molecule has 0 amide bonds. The normalized spacial score (nSPS) is 26.4. The highest BCUT2D eigenvalue weighted by Gasteiger charge is 2.38. The predicted molar refractivity (Wildman–Crippen MR) is 72.9 cm³/mol. The van der Waals surface area contributed by atoms with Gasteiger partial charge in [0.1, 0.15) is 0 Å². The van der Waals surface area contributed by atoms with Gasteiger partial charge in [0.05, 0.1) is 0 Å². The summed E-state index contributed by atoms with van der Waals surface area (Å²) in [4.78, 5) is 4.64. The van der Waals surface area contributed by atoms with Crippen LogP contribution in [-0.2, 0) is 6.42 Å². The zero-order valence-corrected chi connectivity index (χ0v) is 11.1. The zero-order chi connectivity index (χ0) is 12.5. The Bertz CT molecular complexity index is 414. The lowest BCUT2D eigenvalue weighted by Gasteiger charge is -2.34. The van der Waals surface area contributed by atoms with Gasteiger partial charge < -0.3 is 0 Å². The van der Waals surface area contributed by atoms with E-state index in [0.29, 0.717) is 17.9 Å². The van der Waals surface area contributed by atoms with E-state index in [2.05, 4.69) is 29.5 Å². The van der Waals surface area contributed by atoms with Crippen LogP contribution in [0.1, 0.15) is 49.8 Å². The minimum absolute atomic E-state index is 0.381. The molecular formula is C15H23N3. The van der Waals surface area contributed by atoms with Crippen LogP contribution in [0.2, 0.25) is 0 Å². The lowest BCUT2D eigenvalue weighted by molar-refractivity contribution is 0.277. The molecule has 0 spiro atoms. The first-order chi connectivity index (χ1) is 8.81. The van der Waals surface area contributed by atoms with E-state index in [9.17, 15) is 0 Å². The average molecular weight is 245 g/mol. The zero-order valence-electron chi connectivity index (χ0n) is 11.1. The van der Waals surface area contributed by atoms with Gasteiger partial charge in [-0.25, -0.2) is 0 Å². The average Bonchev–Trinajstić information content (AvgIpc) is 3.24. The SMILES string of the molecule is CC(C1CC1)C(NN)C1CCCc2cccnc21. The van der Waals surface area contributed by atoms with Gasteiger partial charge in [-0.15, -0.1) is 0 Å². The molecule has 18 heavy (non-hydrogen) atoms. The standard InChI is InChI=1S/C15H23N3/c1-10(11-7-8-11)14(18-16)13-6-2-4-12-5-3-9-17-15(12)13/h3,5,9-11,13-14,18H,2,4,6-8,16H2,1H3. The molecule has 0 saturated heterocycles. The van der Waals surface area contributed by atoms with E-state index in [4.69, 9.17) is 5.84 Å². The smallest absolute Gasteiger partial charge is 0.0482 e. The fourth-order valence-electron chi connectivity index (χ4n) is 3.54. The maximum Gasteiger partial charge on any atom is 0.0482 e. The van der Waals surface area contributed by atoms with Gasteiger partial charge in [-0.2, -0.15) is 0 Å². The number of fused-ring (bicyclic) bond motifs is 1. The lowest BCUT2D eigenvalue weighted by Crippen LogP contribution is -2.46. The van der Waals surface area contributed by atoms with Crippen molar-refractivity contribution < 1.29 is 0 Å². The van der Waals surface area contributed by atoms with Gasteiger partial charge in [0.25, 0.3) is 0 Å². The molecule has 3 rings (SSSR count). The summed E-state index contributed by atoms with van der Waals surface area (Å²) < 4.78 is 0. The van der Waals surface area contributed by atoms with E-state index in [1.54, 1.807) is 0 Å². The molecule has 3 unspecified atom stereocenters. The van der Waals surface area contributed by atoms with Crippen LogP contribution < -0.4 is 11.3 Å². The monoisotopic (exact) mass is 245 g/mol. The van der Waals surface area contributed by atoms with Crippen molar-refractivity contribution in [1.82, 2.24) is 10.4 Å². The van der Waals surface area contributed by atoms with E-state index in [1.165, 1.54) is 43.4 Å². The van der Waals surface area contributed by atoms with Crippen molar-refractivity contribution in [2.75, 3.05) is 0 Å². The molecule has 3 nitrogen and oxygen atoms in total. The van der Waals surface area contributed by atoms with Crippen molar-refractivity contribution in [2.45, 2.75) is 51.0 Å². The molecule has 0 aliphatic heterocycles. The third-order valence-electron chi connectivity index (χ3n) is 4.80. The maximum absolute atomic E-state index is 5.85. The molecule has 2 aliphatic rings. The van der Waals surface area contributed by atoms with Gasteiger partial charge in [-0.05, 0) is 55.6 Å². The Morgan fingerprint density at radius 2 is 2.22 bits per heavy atom. The summed E-state index contributed by atoms with van der Waals surface area (Å²) in [6, 6.07) is 4.66. The topological polar surface area (TPSA) is 50.9 Å². The van der Waals surface area contributed by atoms with Crippen molar-refractivity contribution in [3.8, 4) is 0 Å². The van der Waals surface area contributed by atoms with E-state index < -0.39 is 0 Å². The molecule has 0 aromatic carbocycles. The first-order valence-electron chi connectivity index (χ1n) is 7.21. The van der Waals surface area contributed by atoms with Crippen LogP contribution >= 0.6 is 0 Å². The summed E-state index contributed by atoms with van der Waals surface area (Å²) >= 11 is 0. The summed E-state index contributed by atoms with van der Waals surface area (Å²) in [6.45, 7) is 2.35. The van der Waals surface area contributed by atoms with Gasteiger partial charge >= 0.3 is 0 Å². The van der Waals surface area contributed by atoms with Gasteiger partial charge in [0.2, 0.25) is 0 Å². The highest BCUT2D eigenvalue weighted by atomic mass is 15.2. The molecule has 0 bridgehead atoms. The van der Waals surface area contributed by atoms with Crippen LogP contribution in [0.3, 0.4) is 0 Å². The molecule has 1 heterocycles. The first-order valence-corrected chi connectivity index (χ1v) is 7.21. The second-order valence-corrected chi connectivity index (χ2v) is 5.94. The Morgan fingerprint density at radius 1 is 1.39 bits per heavy atom. The largest absolute Gasteiger partial charge is 0.271 e. The quantitative estimate of drug-likeness (QED) is 0.632. The van der Waals surface area contributed by atoms with E-state index >= 15 is 0 Å². The minimum atomic E-state index is 0.381. The van der Waals surface area contributed by atoms with Crippen LogP contribution in [0.5, 0.6) is 0 Å². The van der Waals surface area contributed by atoms with Gasteiger partial charge in [0, 0.05) is 23.9 Å². The molecule has 3 N–H and O–H groups in total. The number of hydrazine groups is 1. The van der Waals surface area contributed by atoms with Crippen LogP contribution in [0.4, 0.5) is 0 Å². The molecule has 1 aromatic heterocycles. The molecule has 0 radical (unpaired) electrons. The number of aromatic nitrogens is 1. The van der Waals surface area contributed by atoms with Crippen LogP contribution in [-0.4, -0.2) is 11.0 Å². The Balaban J connectivity index is 1.86. The fraction of sp³-hybridized carbons (Fsp3) is 0.667. The predicted octanol–water partition coefficient (Wildman–Crippen LogP) is 2.38. The molecule has 1 aromatic rings. The molecule has 3 heteroatoms. The van der Waals surface area contributed by atoms with Gasteiger partial charge in [-0.1, -0.05) is 13.0 Å². The van der Waals surface area contributed by atoms with Crippen molar-refractivity contribution in [1.29, 1.82) is 0 Å². The molecule has 2 aliphatic carbocycles. The third-order valence-corrected chi connectivity index (χ3v) is 4.80. The number of aryl methyl sites for hydroxylation is 1. The summed E-state index contributed by atoms with van der Waals surface area (Å²) in [5.41, 5.74) is 5.81. The second kappa shape index (κ2) is 4.98. The van der Waals surface area contributed by atoms with Crippen LogP contribution in [0.15, 0.2) is 18.3 Å². The highest BCUT2D eigenvalue weighted by Crippen LogP contribution is 2.43. The highest BCUT2D eigenvalue weighted by molar-refractivity contribution is 5.27. The second-order valence-electron chi connectivity index (χ2n) is 5.94. The van der Waals surface area contributed by atoms with E-state index in [1.807, 2.05) is 6.20 Å². The minimum Gasteiger partial charge on any atom is -0.271 e. The summed E-state index contributed by atoms with van der Waals surface area (Å²) in [6.07, 6.45) is 8.33. The summed E-state index contributed by atoms with van der Waals surface area (Å²) in [7, 11) is 0.